The Bertz CT molecular complexity index is 475. The number of ether oxygens (including phenoxy) is 2. The van der Waals surface area contributed by atoms with Gasteiger partial charge in [0, 0.05) is 25.2 Å². The van der Waals surface area contributed by atoms with Gasteiger partial charge in [-0.2, -0.15) is 0 Å². The molecule has 0 unspecified atom stereocenters. The molecule has 0 aromatic heterocycles. The number of hydrogen-bond donors (Lipinski definition) is 1. The minimum absolute atomic E-state index is 0.179. The molecule has 0 atom stereocenters. The summed E-state index contributed by atoms with van der Waals surface area (Å²) in [6.45, 7) is 0.815. The summed E-state index contributed by atoms with van der Waals surface area (Å²) in [4.78, 5) is 5.87. The van der Waals surface area contributed by atoms with E-state index in [9.17, 15) is 4.39 Å². The zero-order valence-electron chi connectivity index (χ0n) is 10.4. The van der Waals surface area contributed by atoms with Gasteiger partial charge < -0.3 is 20.1 Å². The third-order valence-electron chi connectivity index (χ3n) is 2.62. The smallest absolute Gasteiger partial charge is 0.191 e. The molecule has 98 valence electrons. The maximum absolute atomic E-state index is 13.4. The molecule has 2 N–H and O–H groups in total. The molecule has 1 aromatic rings. The van der Waals surface area contributed by atoms with E-state index < -0.39 is 0 Å². The molecule has 1 aliphatic heterocycles. The average molecular weight is 253 g/mol. The Morgan fingerprint density at radius 2 is 2.28 bits per heavy atom. The van der Waals surface area contributed by atoms with Crippen LogP contribution in [0.2, 0.25) is 0 Å². The zero-order valence-corrected chi connectivity index (χ0v) is 10.4. The molecule has 1 heterocycles. The number of hydrogen-bond acceptors (Lipinski definition) is 3. The van der Waals surface area contributed by atoms with Crippen LogP contribution in [0.4, 0.5) is 4.39 Å². The van der Waals surface area contributed by atoms with Crippen LogP contribution >= 0.6 is 0 Å². The van der Waals surface area contributed by atoms with Gasteiger partial charge >= 0.3 is 0 Å². The molecule has 5 nitrogen and oxygen atoms in total. The predicted octanol–water partition coefficient (Wildman–Crippen LogP) is 1.07. The van der Waals surface area contributed by atoms with Crippen molar-refractivity contribution in [1.29, 1.82) is 0 Å². The van der Waals surface area contributed by atoms with E-state index >= 15 is 0 Å². The van der Waals surface area contributed by atoms with Crippen LogP contribution in [0.3, 0.4) is 0 Å². The maximum Gasteiger partial charge on any atom is 0.191 e. The molecule has 0 saturated heterocycles. The van der Waals surface area contributed by atoms with Gasteiger partial charge in [-0.25, -0.2) is 9.38 Å². The zero-order chi connectivity index (χ0) is 13.1. The van der Waals surface area contributed by atoms with Crippen LogP contribution in [0.25, 0.3) is 0 Å². The first kappa shape index (κ1) is 12.6. The Morgan fingerprint density at radius 1 is 1.50 bits per heavy atom. The fourth-order valence-corrected chi connectivity index (χ4v) is 1.68. The van der Waals surface area contributed by atoms with Crippen LogP contribution < -0.4 is 10.5 Å². The molecule has 1 aromatic carbocycles. The Kier molecular flexibility index (Phi) is 3.66. The number of halogens is 1. The van der Waals surface area contributed by atoms with Crippen molar-refractivity contribution in [2.45, 2.75) is 13.2 Å². The second kappa shape index (κ2) is 5.22. The second-order valence-electron chi connectivity index (χ2n) is 4.23. The van der Waals surface area contributed by atoms with E-state index in [1.807, 2.05) is 0 Å². The van der Waals surface area contributed by atoms with Gasteiger partial charge in [0.1, 0.15) is 11.6 Å². The lowest BCUT2D eigenvalue weighted by Gasteiger charge is -2.20. The van der Waals surface area contributed by atoms with Crippen LogP contribution in [-0.4, -0.2) is 31.7 Å². The predicted molar refractivity (Wildman–Crippen MR) is 65.7 cm³/mol. The van der Waals surface area contributed by atoms with Gasteiger partial charge in [0.2, 0.25) is 0 Å². The van der Waals surface area contributed by atoms with Crippen LogP contribution in [0.15, 0.2) is 17.1 Å². The molecule has 6 heteroatoms. The maximum atomic E-state index is 13.4. The number of guanidine groups is 1. The molecular formula is C12H16FN3O2. The van der Waals surface area contributed by atoms with Crippen molar-refractivity contribution < 1.29 is 13.9 Å². The lowest BCUT2D eigenvalue weighted by Crippen LogP contribution is -2.30. The van der Waals surface area contributed by atoms with E-state index in [0.717, 1.165) is 0 Å². The van der Waals surface area contributed by atoms with Gasteiger partial charge in [0.05, 0.1) is 13.2 Å². The number of rotatable bonds is 2. The molecule has 0 fully saturated rings. The fraction of sp³-hybridized carbons (Fsp3) is 0.417. The Hall–Kier alpha value is -1.82. The van der Waals surface area contributed by atoms with Gasteiger partial charge in [0.15, 0.2) is 12.8 Å². The lowest BCUT2D eigenvalue weighted by molar-refractivity contribution is -0.0172. The van der Waals surface area contributed by atoms with Crippen molar-refractivity contribution in [3.05, 3.63) is 29.1 Å². The summed E-state index contributed by atoms with van der Waals surface area (Å²) in [7, 11) is 3.59. The number of benzene rings is 1. The summed E-state index contributed by atoms with van der Waals surface area (Å²) < 4.78 is 23.9. The Morgan fingerprint density at radius 3 is 3.00 bits per heavy atom. The van der Waals surface area contributed by atoms with Gasteiger partial charge in [-0.3, -0.25) is 0 Å². The Balaban J connectivity index is 2.27. The van der Waals surface area contributed by atoms with E-state index in [0.29, 0.717) is 29.4 Å². The average Bonchev–Trinajstić information content (AvgIpc) is 2.35. The number of aliphatic imine (C=N–C) groups is 1. The summed E-state index contributed by atoms with van der Waals surface area (Å²) in [5.41, 5.74) is 7.08. The Labute approximate surface area is 105 Å². The standard InChI is InChI=1S/C12H16FN3O2/c1-16(2)12(14)15-5-8-3-10(13)4-9-6-17-7-18-11(8)9/h3-4H,5-7H2,1-2H3,(H2,14,15). The van der Waals surface area contributed by atoms with Crippen molar-refractivity contribution in [2.75, 3.05) is 20.9 Å². The largest absolute Gasteiger partial charge is 0.467 e. The van der Waals surface area contributed by atoms with Gasteiger partial charge in [0.25, 0.3) is 0 Å². The highest BCUT2D eigenvalue weighted by atomic mass is 19.1. The number of fused-ring (bicyclic) bond motifs is 1. The highest BCUT2D eigenvalue weighted by molar-refractivity contribution is 5.77. The molecule has 0 saturated carbocycles. The van der Waals surface area contributed by atoms with Gasteiger partial charge in [-0.1, -0.05) is 0 Å². The molecule has 0 aliphatic carbocycles. The fourth-order valence-electron chi connectivity index (χ4n) is 1.68. The summed E-state index contributed by atoms with van der Waals surface area (Å²) in [5, 5.41) is 0. The summed E-state index contributed by atoms with van der Waals surface area (Å²) in [6.07, 6.45) is 0. The van der Waals surface area contributed by atoms with Crippen LogP contribution in [0.1, 0.15) is 11.1 Å². The van der Waals surface area contributed by atoms with Crippen molar-refractivity contribution >= 4 is 5.96 Å². The number of nitrogens with zero attached hydrogens (tertiary/aromatic N) is 2. The molecule has 0 amide bonds. The van der Waals surface area contributed by atoms with E-state index in [-0.39, 0.29) is 19.2 Å². The highest BCUT2D eigenvalue weighted by Crippen LogP contribution is 2.29. The van der Waals surface area contributed by atoms with Crippen molar-refractivity contribution in [3.63, 3.8) is 0 Å². The van der Waals surface area contributed by atoms with Crippen molar-refractivity contribution in [2.24, 2.45) is 10.7 Å². The van der Waals surface area contributed by atoms with E-state index in [4.69, 9.17) is 15.2 Å². The first-order chi connectivity index (χ1) is 8.58. The minimum Gasteiger partial charge on any atom is -0.467 e. The van der Waals surface area contributed by atoms with E-state index in [1.165, 1.54) is 12.1 Å². The minimum atomic E-state index is -0.323. The summed E-state index contributed by atoms with van der Waals surface area (Å²) in [6, 6.07) is 2.83. The normalized spacial score (nSPS) is 14.9. The van der Waals surface area contributed by atoms with Crippen molar-refractivity contribution in [1.82, 2.24) is 4.90 Å². The number of nitrogens with two attached hydrogens (primary N) is 1. The summed E-state index contributed by atoms with van der Waals surface area (Å²) in [5.74, 6) is 0.717. The lowest BCUT2D eigenvalue weighted by atomic mass is 10.1. The molecule has 18 heavy (non-hydrogen) atoms. The molecule has 2 rings (SSSR count). The second-order valence-corrected chi connectivity index (χ2v) is 4.23. The topological polar surface area (TPSA) is 60.1 Å². The molecule has 0 radical (unpaired) electrons. The molecular weight excluding hydrogens is 237 g/mol. The summed E-state index contributed by atoms with van der Waals surface area (Å²) >= 11 is 0. The van der Waals surface area contributed by atoms with Crippen LogP contribution in [0, 0.1) is 5.82 Å². The van der Waals surface area contributed by atoms with E-state index in [1.54, 1.807) is 19.0 Å². The van der Waals surface area contributed by atoms with Crippen LogP contribution in [-0.2, 0) is 17.9 Å². The SMILES string of the molecule is CN(C)C(N)=NCc1cc(F)cc2c1OCOC2. The molecule has 1 aliphatic rings. The highest BCUT2D eigenvalue weighted by Gasteiger charge is 2.16. The molecule has 0 bridgehead atoms. The van der Waals surface area contributed by atoms with Gasteiger partial charge in [-0.05, 0) is 12.1 Å². The quantitative estimate of drug-likeness (QED) is 0.632. The van der Waals surface area contributed by atoms with Crippen molar-refractivity contribution in [3.8, 4) is 5.75 Å². The third-order valence-corrected chi connectivity index (χ3v) is 2.62. The van der Waals surface area contributed by atoms with Crippen LogP contribution in [0.5, 0.6) is 5.75 Å². The molecule has 0 spiro atoms. The third kappa shape index (κ3) is 2.70. The van der Waals surface area contributed by atoms with E-state index in [2.05, 4.69) is 4.99 Å². The van der Waals surface area contributed by atoms with Gasteiger partial charge in [-0.15, -0.1) is 0 Å². The monoisotopic (exact) mass is 253 g/mol. The first-order valence-corrected chi connectivity index (χ1v) is 5.57. The first-order valence-electron chi connectivity index (χ1n) is 5.57.